The molecule has 6 rings (SSSR count). The van der Waals surface area contributed by atoms with Gasteiger partial charge < -0.3 is 24.4 Å². The summed E-state index contributed by atoms with van der Waals surface area (Å²) in [5.74, 6) is -0.726. The summed E-state index contributed by atoms with van der Waals surface area (Å²) in [4.78, 5) is 17.1. The van der Waals surface area contributed by atoms with E-state index < -0.39 is 32.9 Å². The van der Waals surface area contributed by atoms with Crippen molar-refractivity contribution in [2.45, 2.75) is 70.4 Å². The number of aliphatic hydroxyl groups is 1. The van der Waals surface area contributed by atoms with Gasteiger partial charge in [-0.25, -0.2) is 8.42 Å². The van der Waals surface area contributed by atoms with Crippen LogP contribution < -0.4 is 9.47 Å². The number of pyridine rings is 2. The molecule has 0 bridgehead atoms. The second-order valence-corrected chi connectivity index (χ2v) is 15.1. The van der Waals surface area contributed by atoms with Crippen LogP contribution in [0.2, 0.25) is 0 Å². The van der Waals surface area contributed by atoms with Crippen molar-refractivity contribution < 1.29 is 37.6 Å². The lowest BCUT2D eigenvalue weighted by Crippen LogP contribution is -2.50. The minimum absolute atomic E-state index is 0.00491. The van der Waals surface area contributed by atoms with Gasteiger partial charge in [0, 0.05) is 37.6 Å². The van der Waals surface area contributed by atoms with E-state index in [-0.39, 0.29) is 43.0 Å². The van der Waals surface area contributed by atoms with Gasteiger partial charge in [0.2, 0.25) is 21.8 Å². The van der Waals surface area contributed by atoms with E-state index in [0.717, 1.165) is 33.6 Å². The molecule has 2 aliphatic heterocycles. The molecule has 1 atom stereocenters. The third-order valence-corrected chi connectivity index (χ3v) is 11.4. The molecule has 48 heavy (non-hydrogen) atoms. The van der Waals surface area contributed by atoms with Gasteiger partial charge in [-0.1, -0.05) is 18.2 Å². The Morgan fingerprint density at radius 1 is 1.10 bits per heavy atom. The molecule has 0 unspecified atom stereocenters. The molecule has 2 aliphatic rings. The Bertz CT molecular complexity index is 1970. The maximum Gasteiger partial charge on any atom is 0.310 e. The number of aryl methyl sites for hydroxylation is 3. The van der Waals surface area contributed by atoms with Gasteiger partial charge in [0.15, 0.2) is 5.65 Å². The van der Waals surface area contributed by atoms with Crippen molar-refractivity contribution in [1.82, 2.24) is 23.9 Å². The summed E-state index contributed by atoms with van der Waals surface area (Å²) in [6.45, 7) is 9.77. The number of sulfonamides is 1. The number of aliphatic carboxylic acids is 1. The number of carboxylic acids is 1. The topological polar surface area (TPSA) is 166 Å². The van der Waals surface area contributed by atoms with E-state index in [4.69, 9.17) is 14.2 Å². The number of aromatic nitrogens is 4. The van der Waals surface area contributed by atoms with Gasteiger partial charge in [-0.3, -0.25) is 9.20 Å². The van der Waals surface area contributed by atoms with Crippen LogP contribution in [0.3, 0.4) is 0 Å². The SMILES string of the molecule is Cc1ccc([C@@H](c2ccn3c(C)nnc3c2C)C(C)(C)C(=O)O)cc1CN1CC2(CCOCC2)Oc2nc(OCCO)ccc2S1(=O)=O. The molecule has 0 amide bonds. The van der Waals surface area contributed by atoms with E-state index in [1.807, 2.05) is 55.6 Å². The summed E-state index contributed by atoms with van der Waals surface area (Å²) in [5, 5.41) is 28.2. The summed E-state index contributed by atoms with van der Waals surface area (Å²) < 4.78 is 49.5. The first-order valence-corrected chi connectivity index (χ1v) is 17.4. The minimum Gasteiger partial charge on any atom is -0.481 e. The van der Waals surface area contributed by atoms with Crippen LogP contribution in [-0.4, -0.2) is 87.1 Å². The predicted molar refractivity (Wildman–Crippen MR) is 175 cm³/mol. The molecule has 1 saturated heterocycles. The lowest BCUT2D eigenvalue weighted by Gasteiger charge is -2.38. The van der Waals surface area contributed by atoms with E-state index in [1.54, 1.807) is 13.8 Å². The van der Waals surface area contributed by atoms with Crippen LogP contribution in [0.1, 0.15) is 66.2 Å². The highest BCUT2D eigenvalue weighted by molar-refractivity contribution is 7.89. The van der Waals surface area contributed by atoms with E-state index >= 15 is 0 Å². The van der Waals surface area contributed by atoms with Gasteiger partial charge in [0.1, 0.15) is 22.9 Å². The monoisotopic (exact) mass is 679 g/mol. The smallest absolute Gasteiger partial charge is 0.310 e. The van der Waals surface area contributed by atoms with Crippen LogP contribution in [0.4, 0.5) is 0 Å². The zero-order valence-electron chi connectivity index (χ0n) is 27.8. The first-order chi connectivity index (χ1) is 22.8. The van der Waals surface area contributed by atoms with Crippen molar-refractivity contribution in [3.05, 3.63) is 76.2 Å². The predicted octanol–water partition coefficient (Wildman–Crippen LogP) is 3.80. The molecule has 0 radical (unpaired) electrons. The molecule has 1 aromatic carbocycles. The van der Waals surface area contributed by atoms with Crippen LogP contribution in [0.5, 0.6) is 11.8 Å². The molecular formula is C34H41N5O8S. The molecular weight excluding hydrogens is 638 g/mol. The Balaban J connectivity index is 1.44. The fourth-order valence-corrected chi connectivity index (χ4v) is 8.24. The number of nitrogens with zero attached hydrogens (tertiary/aromatic N) is 5. The number of hydrogen-bond donors (Lipinski definition) is 2. The molecule has 0 aliphatic carbocycles. The van der Waals surface area contributed by atoms with Gasteiger partial charge in [0.25, 0.3) is 0 Å². The average Bonchev–Trinajstić information content (AvgIpc) is 3.40. The Hall–Kier alpha value is -4.11. The fraction of sp³-hybridized carbons (Fsp3) is 0.471. The second kappa shape index (κ2) is 12.7. The van der Waals surface area contributed by atoms with E-state index in [9.17, 15) is 23.4 Å². The number of ether oxygens (including phenoxy) is 3. The van der Waals surface area contributed by atoms with Gasteiger partial charge in [-0.05, 0) is 74.6 Å². The highest BCUT2D eigenvalue weighted by atomic mass is 32.2. The third-order valence-electron chi connectivity index (χ3n) is 9.62. The highest BCUT2D eigenvalue weighted by Gasteiger charge is 2.46. The summed E-state index contributed by atoms with van der Waals surface area (Å²) in [7, 11) is -4.11. The van der Waals surface area contributed by atoms with Gasteiger partial charge >= 0.3 is 5.97 Å². The number of carboxylic acid groups (broad SMARTS) is 1. The van der Waals surface area contributed by atoms with Crippen LogP contribution >= 0.6 is 0 Å². The number of aliphatic hydroxyl groups excluding tert-OH is 1. The maximum absolute atomic E-state index is 14.4. The molecule has 1 fully saturated rings. The first-order valence-electron chi connectivity index (χ1n) is 15.9. The van der Waals surface area contributed by atoms with Crippen LogP contribution in [0.25, 0.3) is 5.65 Å². The zero-order chi connectivity index (χ0) is 34.4. The van der Waals surface area contributed by atoms with Crippen molar-refractivity contribution in [1.29, 1.82) is 0 Å². The molecule has 14 heteroatoms. The van der Waals surface area contributed by atoms with Crippen molar-refractivity contribution in [3.8, 4) is 11.8 Å². The summed E-state index contributed by atoms with van der Waals surface area (Å²) in [5.41, 5.74) is 2.48. The summed E-state index contributed by atoms with van der Waals surface area (Å²) >= 11 is 0. The summed E-state index contributed by atoms with van der Waals surface area (Å²) in [6, 6.07) is 10.6. The molecule has 0 saturated carbocycles. The minimum atomic E-state index is -4.11. The molecule has 5 heterocycles. The van der Waals surface area contributed by atoms with Gasteiger partial charge in [-0.2, -0.15) is 9.29 Å². The number of carbonyl (C=O) groups is 1. The molecule has 1 spiro atoms. The number of rotatable bonds is 9. The number of hydrogen-bond acceptors (Lipinski definition) is 10. The molecule has 2 N–H and O–H groups in total. The molecule has 13 nitrogen and oxygen atoms in total. The summed E-state index contributed by atoms with van der Waals surface area (Å²) in [6.07, 6.45) is 2.77. The third kappa shape index (κ3) is 6.02. The van der Waals surface area contributed by atoms with Crippen LogP contribution in [-0.2, 0) is 26.1 Å². The quantitative estimate of drug-likeness (QED) is 0.264. The Morgan fingerprint density at radius 3 is 2.56 bits per heavy atom. The standard InChI is InChI=1S/C34H41N5O8S/c1-21-6-7-24(29(33(4,5)32(41)42)26-10-13-39-23(3)36-37-30(39)22(26)2)18-25(21)19-38-20-34(11-15-45-16-12-34)47-31-27(48(38,43)44)8-9-28(35-31)46-17-14-40/h6-10,13,18,29,40H,11-12,14-17,19-20H2,1-5H3,(H,41,42)/t29-/m0/s1. The van der Waals surface area contributed by atoms with Crippen molar-refractivity contribution in [2.24, 2.45) is 5.41 Å². The van der Waals surface area contributed by atoms with Crippen LogP contribution in [0.15, 0.2) is 47.5 Å². The van der Waals surface area contributed by atoms with Crippen molar-refractivity contribution in [3.63, 3.8) is 0 Å². The normalized spacial score (nSPS) is 18.2. The second-order valence-electron chi connectivity index (χ2n) is 13.2. The molecule has 4 aromatic rings. The van der Waals surface area contributed by atoms with Gasteiger partial charge in [0.05, 0.1) is 31.8 Å². The van der Waals surface area contributed by atoms with E-state index in [2.05, 4.69) is 15.2 Å². The number of fused-ring (bicyclic) bond motifs is 2. The Morgan fingerprint density at radius 2 is 1.85 bits per heavy atom. The Labute approximate surface area is 279 Å². The maximum atomic E-state index is 14.4. The first kappa shape index (κ1) is 33.8. The lowest BCUT2D eigenvalue weighted by atomic mass is 9.70. The van der Waals surface area contributed by atoms with Gasteiger partial charge in [-0.15, -0.1) is 10.2 Å². The molecule has 256 valence electrons. The Kier molecular flexibility index (Phi) is 8.96. The lowest BCUT2D eigenvalue weighted by molar-refractivity contribution is -0.147. The average molecular weight is 680 g/mol. The zero-order valence-corrected chi connectivity index (χ0v) is 28.6. The fourth-order valence-electron chi connectivity index (χ4n) is 6.70. The van der Waals surface area contributed by atoms with E-state index in [1.165, 1.54) is 16.4 Å². The van der Waals surface area contributed by atoms with Crippen molar-refractivity contribution in [2.75, 3.05) is 33.0 Å². The highest BCUT2D eigenvalue weighted by Crippen LogP contribution is 2.44. The number of benzene rings is 1. The largest absolute Gasteiger partial charge is 0.481 e. The molecule has 3 aromatic heterocycles. The van der Waals surface area contributed by atoms with Crippen LogP contribution in [0, 0.1) is 26.2 Å². The van der Waals surface area contributed by atoms with E-state index in [0.29, 0.717) is 31.7 Å². The van der Waals surface area contributed by atoms with Crippen molar-refractivity contribution >= 4 is 21.6 Å².